The van der Waals surface area contributed by atoms with Crippen LogP contribution in [0, 0.1) is 5.92 Å². The predicted octanol–water partition coefficient (Wildman–Crippen LogP) is 4.10. The van der Waals surface area contributed by atoms with Crippen molar-refractivity contribution in [3.8, 4) is 11.4 Å². The lowest BCUT2D eigenvalue weighted by molar-refractivity contribution is -0.136. The largest absolute Gasteiger partial charge is 0.337 e. The van der Waals surface area contributed by atoms with E-state index in [1.165, 1.54) is 5.56 Å². The van der Waals surface area contributed by atoms with Crippen molar-refractivity contribution in [1.29, 1.82) is 0 Å². The fourth-order valence-corrected chi connectivity index (χ4v) is 3.86. The molecule has 5 nitrogen and oxygen atoms in total. The highest BCUT2D eigenvalue weighted by molar-refractivity contribution is 5.79. The molecule has 1 aromatic carbocycles. The number of aryl methyl sites for hydroxylation is 1. The summed E-state index contributed by atoms with van der Waals surface area (Å²) in [7, 11) is 0. The molecule has 1 N–H and O–H groups in total. The van der Waals surface area contributed by atoms with Gasteiger partial charge in [-0.2, -0.15) is 0 Å². The van der Waals surface area contributed by atoms with E-state index >= 15 is 0 Å². The summed E-state index contributed by atoms with van der Waals surface area (Å²) >= 11 is 0. The van der Waals surface area contributed by atoms with Crippen molar-refractivity contribution in [2.45, 2.75) is 65.8 Å². The van der Waals surface area contributed by atoms with Gasteiger partial charge in [-0.15, -0.1) is 0 Å². The van der Waals surface area contributed by atoms with Crippen molar-refractivity contribution in [2.24, 2.45) is 5.92 Å². The topological polar surface area (TPSA) is 66.1 Å². The van der Waals surface area contributed by atoms with Crippen molar-refractivity contribution in [1.82, 2.24) is 14.9 Å². The molecular weight excluding hydrogens is 350 g/mol. The number of nitrogens with one attached hydrogen (secondary N) is 1. The van der Waals surface area contributed by atoms with Gasteiger partial charge in [0.25, 0.3) is 5.56 Å². The maximum absolute atomic E-state index is 12.9. The lowest BCUT2D eigenvalue weighted by Crippen LogP contribution is -2.42. The molecule has 0 radical (unpaired) electrons. The summed E-state index contributed by atoms with van der Waals surface area (Å²) < 4.78 is 0. The van der Waals surface area contributed by atoms with Crippen LogP contribution in [0.4, 0.5) is 0 Å². The molecule has 28 heavy (non-hydrogen) atoms. The lowest BCUT2D eigenvalue weighted by Gasteiger charge is -2.31. The fraction of sp³-hybridized carbons (Fsp3) is 0.522. The number of hydrogen-bond acceptors (Lipinski definition) is 3. The second-order valence-corrected chi connectivity index (χ2v) is 7.65. The van der Waals surface area contributed by atoms with Crippen LogP contribution >= 0.6 is 0 Å². The van der Waals surface area contributed by atoms with Gasteiger partial charge in [0.1, 0.15) is 5.82 Å². The summed E-state index contributed by atoms with van der Waals surface area (Å²) in [6, 6.07) is 8.14. The molecule has 150 valence electrons. The second kappa shape index (κ2) is 9.18. The summed E-state index contributed by atoms with van der Waals surface area (Å²) in [6.45, 7) is 7.34. The minimum Gasteiger partial charge on any atom is -0.337 e. The summed E-state index contributed by atoms with van der Waals surface area (Å²) in [6.07, 6.45) is 5.56. The van der Waals surface area contributed by atoms with Gasteiger partial charge in [0.2, 0.25) is 5.91 Å². The molecule has 2 heterocycles. The van der Waals surface area contributed by atoms with Gasteiger partial charge >= 0.3 is 0 Å². The number of carbonyl (C=O) groups excluding carboxylic acids is 1. The Balaban J connectivity index is 1.80. The molecule has 5 heteroatoms. The highest BCUT2D eigenvalue weighted by Gasteiger charge is 2.28. The number of hydrogen-bond donors (Lipinski definition) is 1. The van der Waals surface area contributed by atoms with Gasteiger partial charge in [-0.1, -0.05) is 57.9 Å². The van der Waals surface area contributed by atoms with Crippen molar-refractivity contribution in [3.63, 3.8) is 0 Å². The van der Waals surface area contributed by atoms with E-state index in [2.05, 4.69) is 37.9 Å². The number of H-pyrrole nitrogens is 1. The van der Waals surface area contributed by atoms with Gasteiger partial charge in [-0.25, -0.2) is 4.98 Å². The van der Waals surface area contributed by atoms with E-state index in [-0.39, 0.29) is 17.4 Å². The molecule has 0 fully saturated rings. The van der Waals surface area contributed by atoms with Crippen LogP contribution in [0.15, 0.2) is 29.1 Å². The molecule has 1 aliphatic rings. The first-order valence-corrected chi connectivity index (χ1v) is 10.6. The standard InChI is InChI=1S/C23H31N3O2/c1-4-7-8-17(6-3)23(28)26-14-13-20-19(15-26)22(27)25-21(24-20)18-11-9-16(5-2)10-12-18/h9-12,17H,4-8,13-15H2,1-3H3,(H,24,25,27)/t17-/m0/s1. The van der Waals surface area contributed by atoms with Crippen LogP contribution in [-0.2, 0) is 24.2 Å². The Morgan fingerprint density at radius 2 is 1.96 bits per heavy atom. The zero-order valence-electron chi connectivity index (χ0n) is 17.3. The molecular formula is C23H31N3O2. The highest BCUT2D eigenvalue weighted by atomic mass is 16.2. The summed E-state index contributed by atoms with van der Waals surface area (Å²) in [4.78, 5) is 35.1. The summed E-state index contributed by atoms with van der Waals surface area (Å²) in [5, 5.41) is 0. The van der Waals surface area contributed by atoms with Crippen LogP contribution in [0.3, 0.4) is 0 Å². The first-order chi connectivity index (χ1) is 13.6. The molecule has 0 unspecified atom stereocenters. The van der Waals surface area contributed by atoms with Gasteiger partial charge in [0.15, 0.2) is 0 Å². The molecule has 1 atom stereocenters. The van der Waals surface area contributed by atoms with Crippen molar-refractivity contribution < 1.29 is 4.79 Å². The van der Waals surface area contributed by atoms with E-state index in [1.807, 2.05) is 17.0 Å². The molecule has 0 spiro atoms. The molecule has 1 aliphatic heterocycles. The number of benzene rings is 1. The third kappa shape index (κ3) is 4.34. The zero-order chi connectivity index (χ0) is 20.1. The average Bonchev–Trinajstić information content (AvgIpc) is 2.74. The Bertz CT molecular complexity index is 870. The number of aromatic nitrogens is 2. The first-order valence-electron chi connectivity index (χ1n) is 10.6. The van der Waals surface area contributed by atoms with E-state index in [1.54, 1.807) is 0 Å². The van der Waals surface area contributed by atoms with E-state index in [0.29, 0.717) is 30.9 Å². The van der Waals surface area contributed by atoms with Crippen molar-refractivity contribution in [3.05, 3.63) is 51.4 Å². The van der Waals surface area contributed by atoms with Gasteiger partial charge in [-0.05, 0) is 24.8 Å². The smallest absolute Gasteiger partial charge is 0.256 e. The molecule has 1 amide bonds. The number of fused-ring (bicyclic) bond motifs is 1. The third-order valence-electron chi connectivity index (χ3n) is 5.76. The Morgan fingerprint density at radius 1 is 1.21 bits per heavy atom. The van der Waals surface area contributed by atoms with Crippen LogP contribution in [0.2, 0.25) is 0 Å². The van der Waals surface area contributed by atoms with E-state index < -0.39 is 0 Å². The minimum atomic E-state index is -0.126. The van der Waals surface area contributed by atoms with E-state index in [9.17, 15) is 9.59 Å². The van der Waals surface area contributed by atoms with Gasteiger partial charge in [0, 0.05) is 24.4 Å². The van der Waals surface area contributed by atoms with Crippen LogP contribution in [0.5, 0.6) is 0 Å². The Hall–Kier alpha value is -2.43. The van der Waals surface area contributed by atoms with Crippen molar-refractivity contribution in [2.75, 3.05) is 6.54 Å². The maximum Gasteiger partial charge on any atom is 0.256 e. The highest BCUT2D eigenvalue weighted by Crippen LogP contribution is 2.22. The quantitative estimate of drug-likeness (QED) is 0.785. The summed E-state index contributed by atoms with van der Waals surface area (Å²) in [5.41, 5.74) is 3.51. The normalized spacial score (nSPS) is 14.6. The Labute approximate surface area is 167 Å². The zero-order valence-corrected chi connectivity index (χ0v) is 17.3. The third-order valence-corrected chi connectivity index (χ3v) is 5.76. The van der Waals surface area contributed by atoms with E-state index in [4.69, 9.17) is 4.98 Å². The number of rotatable bonds is 7. The van der Waals surface area contributed by atoms with Crippen LogP contribution in [0.1, 0.15) is 63.3 Å². The predicted molar refractivity (Wildman–Crippen MR) is 112 cm³/mol. The molecule has 0 saturated carbocycles. The van der Waals surface area contributed by atoms with Crippen molar-refractivity contribution >= 4 is 5.91 Å². The molecule has 0 aliphatic carbocycles. The van der Waals surface area contributed by atoms with Crippen LogP contribution in [0.25, 0.3) is 11.4 Å². The van der Waals surface area contributed by atoms with Crippen LogP contribution < -0.4 is 5.56 Å². The van der Waals surface area contributed by atoms with E-state index in [0.717, 1.165) is 43.4 Å². The Kier molecular flexibility index (Phi) is 6.65. The number of nitrogens with zero attached hydrogens (tertiary/aromatic N) is 2. The Morgan fingerprint density at radius 3 is 2.61 bits per heavy atom. The molecule has 2 aromatic rings. The number of aromatic amines is 1. The van der Waals surface area contributed by atoms with Gasteiger partial charge < -0.3 is 9.88 Å². The number of carbonyl (C=O) groups is 1. The molecule has 0 saturated heterocycles. The maximum atomic E-state index is 12.9. The molecule has 3 rings (SSSR count). The molecule has 0 bridgehead atoms. The molecule has 1 aromatic heterocycles. The second-order valence-electron chi connectivity index (χ2n) is 7.65. The fourth-order valence-electron chi connectivity index (χ4n) is 3.86. The van der Waals surface area contributed by atoms with Gasteiger partial charge in [-0.3, -0.25) is 9.59 Å². The number of amides is 1. The minimum absolute atomic E-state index is 0.0601. The SMILES string of the molecule is CCCC[C@H](CC)C(=O)N1CCc2nc(-c3ccc(CC)cc3)[nH]c(=O)c2C1. The van der Waals surface area contributed by atoms with Gasteiger partial charge in [0.05, 0.1) is 17.8 Å². The van der Waals surface area contributed by atoms with Crippen LogP contribution in [-0.4, -0.2) is 27.3 Å². The monoisotopic (exact) mass is 381 g/mol. The first kappa shape index (κ1) is 20.3. The average molecular weight is 382 g/mol. The number of unbranched alkanes of at least 4 members (excludes halogenated alkanes) is 1. The summed E-state index contributed by atoms with van der Waals surface area (Å²) in [5.74, 6) is 0.852. The lowest BCUT2D eigenvalue weighted by atomic mass is 9.96.